The molecule has 2 atom stereocenters. The molecule has 1 amide bonds. The molecular formula is C14H20N2O2. The Bertz CT molecular complexity index is 392. The van der Waals surface area contributed by atoms with Crippen molar-refractivity contribution < 1.29 is 9.21 Å². The van der Waals surface area contributed by atoms with Crippen LogP contribution < -0.4 is 10.6 Å². The van der Waals surface area contributed by atoms with Gasteiger partial charge in [-0.3, -0.25) is 10.1 Å². The van der Waals surface area contributed by atoms with Gasteiger partial charge in [0, 0.05) is 0 Å². The Kier molecular flexibility index (Phi) is 6.03. The van der Waals surface area contributed by atoms with E-state index in [4.69, 9.17) is 10.8 Å². The van der Waals surface area contributed by atoms with Crippen LogP contribution in [0.3, 0.4) is 0 Å². The summed E-state index contributed by atoms with van der Waals surface area (Å²) in [5.41, 5.74) is 0. The molecule has 2 unspecified atom stereocenters. The van der Waals surface area contributed by atoms with E-state index in [2.05, 4.69) is 23.5 Å². The van der Waals surface area contributed by atoms with Gasteiger partial charge in [0.15, 0.2) is 0 Å². The highest BCUT2D eigenvalue weighted by Crippen LogP contribution is 2.00. The summed E-state index contributed by atoms with van der Waals surface area (Å²) in [5.74, 6) is 3.30. The number of amides is 1. The lowest BCUT2D eigenvalue weighted by Gasteiger charge is -2.18. The summed E-state index contributed by atoms with van der Waals surface area (Å²) >= 11 is 0. The van der Waals surface area contributed by atoms with Crippen molar-refractivity contribution in [1.29, 1.82) is 0 Å². The first kappa shape index (κ1) is 14.3. The maximum Gasteiger partial charge on any atom is 0.237 e. The van der Waals surface area contributed by atoms with E-state index in [-0.39, 0.29) is 18.0 Å². The van der Waals surface area contributed by atoms with Crippen LogP contribution in [0.5, 0.6) is 0 Å². The number of hydrogen-bond donors (Lipinski definition) is 2. The van der Waals surface area contributed by atoms with Crippen molar-refractivity contribution in [2.24, 2.45) is 0 Å². The van der Waals surface area contributed by atoms with Crippen LogP contribution in [-0.4, -0.2) is 18.0 Å². The summed E-state index contributed by atoms with van der Waals surface area (Å²) in [6.07, 6.45) is 8.84. The molecule has 1 rings (SSSR count). The van der Waals surface area contributed by atoms with Crippen molar-refractivity contribution in [3.8, 4) is 12.3 Å². The van der Waals surface area contributed by atoms with Crippen LogP contribution in [0.4, 0.5) is 0 Å². The van der Waals surface area contributed by atoms with Gasteiger partial charge in [0.1, 0.15) is 5.76 Å². The summed E-state index contributed by atoms with van der Waals surface area (Å²) in [7, 11) is 0. The molecule has 4 heteroatoms. The Morgan fingerprint density at radius 3 is 2.94 bits per heavy atom. The van der Waals surface area contributed by atoms with Gasteiger partial charge in [-0.25, -0.2) is 0 Å². The van der Waals surface area contributed by atoms with E-state index in [1.165, 1.54) is 0 Å². The monoisotopic (exact) mass is 248 g/mol. The van der Waals surface area contributed by atoms with E-state index >= 15 is 0 Å². The molecule has 0 saturated heterocycles. The van der Waals surface area contributed by atoms with Crippen molar-refractivity contribution in [2.45, 2.75) is 45.3 Å². The van der Waals surface area contributed by atoms with E-state index in [1.54, 1.807) is 19.3 Å². The third kappa shape index (κ3) is 4.64. The van der Waals surface area contributed by atoms with Gasteiger partial charge >= 0.3 is 0 Å². The van der Waals surface area contributed by atoms with Crippen molar-refractivity contribution in [3.63, 3.8) is 0 Å². The first-order valence-corrected chi connectivity index (χ1v) is 6.19. The third-order valence-electron chi connectivity index (χ3n) is 2.64. The van der Waals surface area contributed by atoms with Crippen LogP contribution in [0.15, 0.2) is 22.8 Å². The quantitative estimate of drug-likeness (QED) is 0.722. The molecule has 0 fully saturated rings. The SMILES string of the molecule is C#CC(CCC)NC(C)C(=O)NCc1ccco1. The maximum atomic E-state index is 11.8. The molecule has 0 aliphatic rings. The van der Waals surface area contributed by atoms with Crippen molar-refractivity contribution in [3.05, 3.63) is 24.2 Å². The van der Waals surface area contributed by atoms with Crippen molar-refractivity contribution in [1.82, 2.24) is 10.6 Å². The minimum absolute atomic E-state index is 0.0561. The number of terminal acetylenes is 1. The van der Waals surface area contributed by atoms with Crippen molar-refractivity contribution >= 4 is 5.91 Å². The van der Waals surface area contributed by atoms with Gasteiger partial charge in [-0.2, -0.15) is 0 Å². The molecule has 0 aliphatic heterocycles. The molecule has 0 radical (unpaired) electrons. The average Bonchev–Trinajstić information content (AvgIpc) is 2.88. The zero-order chi connectivity index (χ0) is 13.4. The molecule has 1 heterocycles. The lowest BCUT2D eigenvalue weighted by Crippen LogP contribution is -2.45. The second kappa shape index (κ2) is 7.57. The van der Waals surface area contributed by atoms with Gasteiger partial charge in [0.2, 0.25) is 5.91 Å². The first-order chi connectivity index (χ1) is 8.67. The third-order valence-corrected chi connectivity index (χ3v) is 2.64. The van der Waals surface area contributed by atoms with Gasteiger partial charge in [-0.1, -0.05) is 19.3 Å². The van der Waals surface area contributed by atoms with Gasteiger partial charge < -0.3 is 9.73 Å². The smallest absolute Gasteiger partial charge is 0.237 e. The van der Waals surface area contributed by atoms with Gasteiger partial charge in [0.05, 0.1) is 24.9 Å². The molecule has 0 aliphatic carbocycles. The van der Waals surface area contributed by atoms with Crippen LogP contribution in [0, 0.1) is 12.3 Å². The van der Waals surface area contributed by atoms with E-state index in [0.717, 1.165) is 18.6 Å². The second-order valence-electron chi connectivity index (χ2n) is 4.19. The molecule has 0 saturated carbocycles. The van der Waals surface area contributed by atoms with E-state index < -0.39 is 0 Å². The standard InChI is InChI=1S/C14H20N2O2/c1-4-7-12(5-2)16-11(3)14(17)15-10-13-8-6-9-18-13/h2,6,8-9,11-12,16H,4,7,10H2,1,3H3,(H,15,17). The van der Waals surface area contributed by atoms with E-state index in [9.17, 15) is 4.79 Å². The number of hydrogen-bond acceptors (Lipinski definition) is 3. The molecule has 1 aromatic heterocycles. The summed E-state index contributed by atoms with van der Waals surface area (Å²) in [6, 6.07) is 3.24. The normalized spacial score (nSPS) is 13.6. The summed E-state index contributed by atoms with van der Waals surface area (Å²) in [4.78, 5) is 11.8. The molecule has 0 aromatic carbocycles. The summed E-state index contributed by atoms with van der Waals surface area (Å²) in [6.45, 7) is 4.26. The predicted octanol–water partition coefficient (Wildman–Crippen LogP) is 1.68. The first-order valence-electron chi connectivity index (χ1n) is 6.19. The molecule has 1 aromatic rings. The highest BCUT2D eigenvalue weighted by molar-refractivity contribution is 5.81. The predicted molar refractivity (Wildman–Crippen MR) is 70.7 cm³/mol. The molecular weight excluding hydrogens is 228 g/mol. The molecule has 98 valence electrons. The van der Waals surface area contributed by atoms with Gasteiger partial charge in [0.25, 0.3) is 0 Å². The van der Waals surface area contributed by atoms with Gasteiger partial charge in [-0.15, -0.1) is 6.42 Å². The fourth-order valence-electron chi connectivity index (χ4n) is 1.62. The zero-order valence-corrected chi connectivity index (χ0v) is 10.9. The van der Waals surface area contributed by atoms with Crippen LogP contribution >= 0.6 is 0 Å². The Morgan fingerprint density at radius 2 is 2.39 bits per heavy atom. The van der Waals surface area contributed by atoms with Crippen molar-refractivity contribution in [2.75, 3.05) is 0 Å². The second-order valence-corrected chi connectivity index (χ2v) is 4.19. The maximum absolute atomic E-state index is 11.8. The van der Waals surface area contributed by atoms with Gasteiger partial charge in [-0.05, 0) is 25.5 Å². The van der Waals surface area contributed by atoms with Crippen LogP contribution in [-0.2, 0) is 11.3 Å². The Morgan fingerprint density at radius 1 is 1.61 bits per heavy atom. The lowest BCUT2D eigenvalue weighted by molar-refractivity contribution is -0.123. The number of carbonyl (C=O) groups excluding carboxylic acids is 1. The fraction of sp³-hybridized carbons (Fsp3) is 0.500. The molecule has 18 heavy (non-hydrogen) atoms. The molecule has 0 spiro atoms. The minimum Gasteiger partial charge on any atom is -0.467 e. The molecule has 0 bridgehead atoms. The van der Waals surface area contributed by atoms with Crippen LogP contribution in [0.2, 0.25) is 0 Å². The van der Waals surface area contributed by atoms with Crippen LogP contribution in [0.1, 0.15) is 32.4 Å². The molecule has 2 N–H and O–H groups in total. The Labute approximate surface area is 108 Å². The zero-order valence-electron chi connectivity index (χ0n) is 10.9. The Balaban J connectivity index is 2.34. The van der Waals surface area contributed by atoms with E-state index in [1.807, 2.05) is 6.07 Å². The number of nitrogens with one attached hydrogen (secondary N) is 2. The molecule has 4 nitrogen and oxygen atoms in total. The highest BCUT2D eigenvalue weighted by Gasteiger charge is 2.15. The number of furan rings is 1. The lowest BCUT2D eigenvalue weighted by atomic mass is 10.1. The van der Waals surface area contributed by atoms with E-state index in [0.29, 0.717) is 6.54 Å². The minimum atomic E-state index is -0.312. The summed E-state index contributed by atoms with van der Waals surface area (Å²) < 4.78 is 5.14. The fourth-order valence-corrected chi connectivity index (χ4v) is 1.62. The topological polar surface area (TPSA) is 54.3 Å². The van der Waals surface area contributed by atoms with Crippen LogP contribution in [0.25, 0.3) is 0 Å². The Hall–Kier alpha value is -1.73. The summed E-state index contributed by atoms with van der Waals surface area (Å²) in [5, 5.41) is 5.91. The largest absolute Gasteiger partial charge is 0.467 e. The average molecular weight is 248 g/mol. The number of rotatable bonds is 7. The number of carbonyl (C=O) groups is 1. The highest BCUT2D eigenvalue weighted by atomic mass is 16.3.